The quantitative estimate of drug-likeness (QED) is 0.871. The Hall–Kier alpha value is -1.09. The van der Waals surface area contributed by atoms with E-state index in [0.717, 1.165) is 38.2 Å². The van der Waals surface area contributed by atoms with Crippen LogP contribution in [0.4, 0.5) is 5.82 Å². The molecule has 3 nitrogen and oxygen atoms in total. The van der Waals surface area contributed by atoms with Gasteiger partial charge in [0.15, 0.2) is 0 Å². The van der Waals surface area contributed by atoms with Crippen molar-refractivity contribution in [3.05, 3.63) is 23.9 Å². The maximum Gasteiger partial charge on any atom is 0.128 e. The molecule has 0 bridgehead atoms. The molecule has 1 N–H and O–H groups in total. The topological polar surface area (TPSA) is 36.4 Å². The van der Waals surface area contributed by atoms with E-state index in [1.165, 1.54) is 5.56 Å². The number of hydrogen-bond acceptors (Lipinski definition) is 3. The summed E-state index contributed by atoms with van der Waals surface area (Å²) in [7, 11) is 0. The van der Waals surface area contributed by atoms with Crippen molar-refractivity contribution in [1.82, 2.24) is 4.98 Å². The van der Waals surface area contributed by atoms with Gasteiger partial charge in [-0.15, -0.1) is 0 Å². The van der Waals surface area contributed by atoms with E-state index in [4.69, 9.17) is 0 Å². The number of rotatable bonds is 3. The summed E-state index contributed by atoms with van der Waals surface area (Å²) >= 11 is 0. The van der Waals surface area contributed by atoms with Gasteiger partial charge in [0.05, 0.1) is 6.10 Å². The van der Waals surface area contributed by atoms with Gasteiger partial charge in [-0.1, -0.05) is 19.9 Å². The minimum Gasteiger partial charge on any atom is -0.393 e. The van der Waals surface area contributed by atoms with Crippen molar-refractivity contribution >= 4 is 5.82 Å². The van der Waals surface area contributed by atoms with E-state index < -0.39 is 0 Å². The van der Waals surface area contributed by atoms with E-state index in [9.17, 15) is 5.11 Å². The van der Waals surface area contributed by atoms with Crippen molar-refractivity contribution in [1.29, 1.82) is 0 Å². The second kappa shape index (κ2) is 5.50. The van der Waals surface area contributed by atoms with Crippen molar-refractivity contribution in [2.45, 2.75) is 39.2 Å². The first-order valence-corrected chi connectivity index (χ1v) is 6.53. The highest BCUT2D eigenvalue weighted by atomic mass is 16.3. The highest BCUT2D eigenvalue weighted by molar-refractivity contribution is 5.39. The standard InChI is InChI=1S/C14H22N2O/c1-11(2)9-12-3-4-14(15-10-12)16-7-5-13(17)6-8-16/h3-4,10-11,13,17H,5-9H2,1-2H3. The van der Waals surface area contributed by atoms with Crippen molar-refractivity contribution in [2.75, 3.05) is 18.0 Å². The van der Waals surface area contributed by atoms with Gasteiger partial charge in [-0.2, -0.15) is 0 Å². The van der Waals surface area contributed by atoms with Gasteiger partial charge < -0.3 is 10.0 Å². The number of aliphatic hydroxyl groups is 1. The van der Waals surface area contributed by atoms with Crippen LogP contribution in [0.3, 0.4) is 0 Å². The van der Waals surface area contributed by atoms with Gasteiger partial charge in [-0.3, -0.25) is 0 Å². The monoisotopic (exact) mass is 234 g/mol. The molecule has 2 heterocycles. The summed E-state index contributed by atoms with van der Waals surface area (Å²) in [6.07, 6.45) is 4.67. The Labute approximate surface area is 103 Å². The van der Waals surface area contributed by atoms with Crippen LogP contribution in [0, 0.1) is 5.92 Å². The molecule has 0 atom stereocenters. The van der Waals surface area contributed by atoms with Crippen LogP contribution in [0.2, 0.25) is 0 Å². The molecule has 1 aliphatic rings. The van der Waals surface area contributed by atoms with Crippen LogP contribution >= 0.6 is 0 Å². The Bertz CT molecular complexity index is 340. The summed E-state index contributed by atoms with van der Waals surface area (Å²) < 4.78 is 0. The first-order valence-electron chi connectivity index (χ1n) is 6.53. The molecule has 0 unspecified atom stereocenters. The lowest BCUT2D eigenvalue weighted by molar-refractivity contribution is 0.145. The Balaban J connectivity index is 1.97. The van der Waals surface area contributed by atoms with Crippen LogP contribution in [-0.4, -0.2) is 29.3 Å². The normalized spacial score (nSPS) is 17.8. The highest BCUT2D eigenvalue weighted by Crippen LogP contribution is 2.18. The summed E-state index contributed by atoms with van der Waals surface area (Å²) in [4.78, 5) is 6.78. The fourth-order valence-electron chi connectivity index (χ4n) is 2.29. The highest BCUT2D eigenvalue weighted by Gasteiger charge is 2.17. The van der Waals surface area contributed by atoms with Gasteiger partial charge in [0.1, 0.15) is 5.82 Å². The van der Waals surface area contributed by atoms with E-state index in [1.807, 2.05) is 6.20 Å². The van der Waals surface area contributed by atoms with Crippen LogP contribution in [0.15, 0.2) is 18.3 Å². The predicted molar refractivity (Wildman–Crippen MR) is 70.2 cm³/mol. The third-order valence-electron chi connectivity index (χ3n) is 3.24. The van der Waals surface area contributed by atoms with Gasteiger partial charge in [-0.05, 0) is 36.8 Å². The number of hydrogen-bond donors (Lipinski definition) is 1. The molecule has 0 aliphatic carbocycles. The molecular weight excluding hydrogens is 212 g/mol. The Morgan fingerprint density at radius 2 is 2.06 bits per heavy atom. The number of nitrogens with zero attached hydrogens (tertiary/aromatic N) is 2. The molecule has 2 rings (SSSR count). The molecule has 94 valence electrons. The summed E-state index contributed by atoms with van der Waals surface area (Å²) in [6, 6.07) is 4.28. The fraction of sp³-hybridized carbons (Fsp3) is 0.643. The number of piperidine rings is 1. The Morgan fingerprint density at radius 3 is 2.59 bits per heavy atom. The average Bonchev–Trinajstić information content (AvgIpc) is 2.30. The van der Waals surface area contributed by atoms with Crippen molar-refractivity contribution < 1.29 is 5.11 Å². The summed E-state index contributed by atoms with van der Waals surface area (Å²) in [5, 5.41) is 9.47. The molecule has 17 heavy (non-hydrogen) atoms. The van der Waals surface area contributed by atoms with E-state index in [0.29, 0.717) is 5.92 Å². The van der Waals surface area contributed by atoms with E-state index in [-0.39, 0.29) is 6.10 Å². The molecule has 0 amide bonds. The maximum absolute atomic E-state index is 9.47. The number of aromatic nitrogens is 1. The van der Waals surface area contributed by atoms with E-state index in [2.05, 4.69) is 35.9 Å². The summed E-state index contributed by atoms with van der Waals surface area (Å²) in [5.41, 5.74) is 1.31. The molecule has 1 aromatic heterocycles. The fourth-order valence-corrected chi connectivity index (χ4v) is 2.29. The van der Waals surface area contributed by atoms with Gasteiger partial charge in [0.2, 0.25) is 0 Å². The maximum atomic E-state index is 9.47. The minimum absolute atomic E-state index is 0.119. The van der Waals surface area contributed by atoms with E-state index in [1.54, 1.807) is 0 Å². The van der Waals surface area contributed by atoms with Crippen molar-refractivity contribution in [3.8, 4) is 0 Å². The zero-order valence-electron chi connectivity index (χ0n) is 10.8. The molecule has 1 saturated heterocycles. The third kappa shape index (κ3) is 3.43. The van der Waals surface area contributed by atoms with Crippen molar-refractivity contribution in [2.24, 2.45) is 5.92 Å². The molecular formula is C14H22N2O. The molecule has 1 aromatic rings. The van der Waals surface area contributed by atoms with Crippen LogP contribution in [0.1, 0.15) is 32.3 Å². The van der Waals surface area contributed by atoms with Gasteiger partial charge >= 0.3 is 0 Å². The molecule has 0 spiro atoms. The lowest BCUT2D eigenvalue weighted by Crippen LogP contribution is -2.36. The largest absolute Gasteiger partial charge is 0.393 e. The van der Waals surface area contributed by atoms with Crippen LogP contribution in [-0.2, 0) is 6.42 Å². The zero-order valence-corrected chi connectivity index (χ0v) is 10.8. The van der Waals surface area contributed by atoms with Crippen molar-refractivity contribution in [3.63, 3.8) is 0 Å². The smallest absolute Gasteiger partial charge is 0.128 e. The average molecular weight is 234 g/mol. The molecule has 1 fully saturated rings. The number of pyridine rings is 1. The second-order valence-electron chi connectivity index (χ2n) is 5.34. The molecule has 0 aromatic carbocycles. The van der Waals surface area contributed by atoms with Crippen LogP contribution in [0.25, 0.3) is 0 Å². The van der Waals surface area contributed by atoms with E-state index >= 15 is 0 Å². The molecule has 1 aliphatic heterocycles. The number of aliphatic hydroxyl groups excluding tert-OH is 1. The van der Waals surface area contributed by atoms with Gasteiger partial charge in [0.25, 0.3) is 0 Å². The zero-order chi connectivity index (χ0) is 12.3. The number of anilines is 1. The third-order valence-corrected chi connectivity index (χ3v) is 3.24. The lowest BCUT2D eigenvalue weighted by atomic mass is 10.0. The Morgan fingerprint density at radius 1 is 1.35 bits per heavy atom. The SMILES string of the molecule is CC(C)Cc1ccc(N2CCC(O)CC2)nc1. The lowest BCUT2D eigenvalue weighted by Gasteiger charge is -2.30. The predicted octanol–water partition coefficient (Wildman–Crippen LogP) is 2.24. The summed E-state index contributed by atoms with van der Waals surface area (Å²) in [5.74, 6) is 1.72. The van der Waals surface area contributed by atoms with Gasteiger partial charge in [0, 0.05) is 19.3 Å². The second-order valence-corrected chi connectivity index (χ2v) is 5.34. The van der Waals surface area contributed by atoms with Crippen LogP contribution in [0.5, 0.6) is 0 Å². The molecule has 3 heteroatoms. The first kappa shape index (κ1) is 12.4. The van der Waals surface area contributed by atoms with Crippen LogP contribution < -0.4 is 4.90 Å². The summed E-state index contributed by atoms with van der Waals surface area (Å²) in [6.45, 7) is 6.27. The minimum atomic E-state index is -0.119. The molecule has 0 radical (unpaired) electrons. The van der Waals surface area contributed by atoms with Gasteiger partial charge in [-0.25, -0.2) is 4.98 Å². The Kier molecular flexibility index (Phi) is 4.00. The first-order chi connectivity index (χ1) is 8.15. The molecule has 0 saturated carbocycles.